The molecule has 0 radical (unpaired) electrons. The maximum absolute atomic E-state index is 14.0. The fourth-order valence-electron chi connectivity index (χ4n) is 5.48. The van der Waals surface area contributed by atoms with Gasteiger partial charge in [0.1, 0.15) is 21.6 Å². The SMILES string of the molecule is CS(=N)(=O)Nc1ccc(Cl)cc1C(=O)N1CCCC[C@H]1c1cc2nc(N3CCC3)cc(N3CCOCC3)n2n1. The first-order valence-electron chi connectivity index (χ1n) is 13.4. The highest BCUT2D eigenvalue weighted by atomic mass is 35.5. The molecule has 2 aromatic heterocycles. The van der Waals surface area contributed by atoms with Crippen LogP contribution in [-0.2, 0) is 14.7 Å². The van der Waals surface area contributed by atoms with Gasteiger partial charge in [0.15, 0.2) is 5.65 Å². The Hall–Kier alpha value is -3.09. The molecule has 1 unspecified atom stereocenters. The molecule has 3 aliphatic heterocycles. The maximum atomic E-state index is 14.0. The lowest BCUT2D eigenvalue weighted by Gasteiger charge is -2.35. The number of anilines is 3. The second-order valence-electron chi connectivity index (χ2n) is 10.4. The Morgan fingerprint density at radius 3 is 2.59 bits per heavy atom. The minimum absolute atomic E-state index is 0.229. The molecule has 6 rings (SSSR count). The number of benzene rings is 1. The molecule has 0 aliphatic carbocycles. The summed E-state index contributed by atoms with van der Waals surface area (Å²) in [6.07, 6.45) is 5.06. The normalized spacial score (nSPS) is 21.5. The van der Waals surface area contributed by atoms with Crippen LogP contribution in [0.1, 0.15) is 47.8 Å². The molecule has 208 valence electrons. The lowest BCUT2D eigenvalue weighted by Crippen LogP contribution is -2.40. The first-order chi connectivity index (χ1) is 18.8. The van der Waals surface area contributed by atoms with Crippen molar-refractivity contribution in [3.8, 4) is 0 Å². The van der Waals surface area contributed by atoms with Gasteiger partial charge in [0.25, 0.3) is 5.91 Å². The van der Waals surface area contributed by atoms with Crippen molar-refractivity contribution in [2.75, 3.05) is 66.7 Å². The number of carbonyl (C=O) groups is 1. The number of rotatable bonds is 6. The summed E-state index contributed by atoms with van der Waals surface area (Å²) >= 11 is 6.27. The Morgan fingerprint density at radius 1 is 1.08 bits per heavy atom. The van der Waals surface area contributed by atoms with Crippen molar-refractivity contribution in [2.24, 2.45) is 0 Å². The molecule has 0 bridgehead atoms. The summed E-state index contributed by atoms with van der Waals surface area (Å²) in [6.45, 7) is 5.45. The fourth-order valence-corrected chi connectivity index (χ4v) is 6.25. The van der Waals surface area contributed by atoms with E-state index in [2.05, 4.69) is 20.6 Å². The van der Waals surface area contributed by atoms with Crippen LogP contribution in [0, 0.1) is 4.78 Å². The number of aromatic nitrogens is 3. The molecule has 2 atom stereocenters. The summed E-state index contributed by atoms with van der Waals surface area (Å²) in [7, 11) is -3.09. The number of hydrogen-bond donors (Lipinski definition) is 2. The van der Waals surface area contributed by atoms with Crippen molar-refractivity contribution in [1.82, 2.24) is 19.5 Å². The summed E-state index contributed by atoms with van der Waals surface area (Å²) in [6, 6.07) is 8.67. The van der Waals surface area contributed by atoms with Gasteiger partial charge in [-0.05, 0) is 43.9 Å². The lowest BCUT2D eigenvalue weighted by atomic mass is 9.98. The van der Waals surface area contributed by atoms with Gasteiger partial charge in [0.05, 0.1) is 36.2 Å². The van der Waals surface area contributed by atoms with Crippen molar-refractivity contribution in [1.29, 1.82) is 4.78 Å². The van der Waals surface area contributed by atoms with E-state index in [-0.39, 0.29) is 11.9 Å². The Bertz CT molecular complexity index is 1500. The Balaban J connectivity index is 1.38. The predicted molar refractivity (Wildman–Crippen MR) is 152 cm³/mol. The molecule has 1 aromatic carbocycles. The van der Waals surface area contributed by atoms with Crippen molar-refractivity contribution >= 4 is 50.4 Å². The Kier molecular flexibility index (Phi) is 7.02. The van der Waals surface area contributed by atoms with Crippen LogP contribution in [0.4, 0.5) is 17.3 Å². The highest BCUT2D eigenvalue weighted by Crippen LogP contribution is 2.35. The quantitative estimate of drug-likeness (QED) is 0.461. The van der Waals surface area contributed by atoms with Gasteiger partial charge in [-0.1, -0.05) is 11.6 Å². The molecule has 11 nitrogen and oxygen atoms in total. The molecule has 2 N–H and O–H groups in total. The summed E-state index contributed by atoms with van der Waals surface area (Å²) in [4.78, 5) is 25.3. The molecule has 3 aliphatic rings. The summed E-state index contributed by atoms with van der Waals surface area (Å²) in [5.41, 5.74) is 2.19. The maximum Gasteiger partial charge on any atom is 0.256 e. The van der Waals surface area contributed by atoms with E-state index in [1.54, 1.807) is 18.2 Å². The van der Waals surface area contributed by atoms with Crippen LogP contribution in [0.5, 0.6) is 0 Å². The van der Waals surface area contributed by atoms with E-state index < -0.39 is 9.92 Å². The second-order valence-corrected chi connectivity index (χ2v) is 12.7. The van der Waals surface area contributed by atoms with E-state index in [1.807, 2.05) is 15.5 Å². The number of halogens is 1. The standard InChI is InChI=1S/C26H33ClN8O3S/c1-39(28,37)31-20-7-6-18(27)15-19(20)26(36)34-10-3-2-5-22(34)21-16-24-29-23(32-8-4-9-32)17-25(35(24)30-21)33-11-13-38-14-12-33/h6-7,15-17,22H,2-5,8-14H2,1H3,(H2,28,31,37)/t22-,39?/m0/s1. The van der Waals surface area contributed by atoms with Gasteiger partial charge < -0.3 is 19.4 Å². The van der Waals surface area contributed by atoms with Gasteiger partial charge in [-0.2, -0.15) is 9.61 Å². The first-order valence-corrected chi connectivity index (χ1v) is 15.7. The zero-order valence-electron chi connectivity index (χ0n) is 21.9. The first kappa shape index (κ1) is 26.1. The van der Waals surface area contributed by atoms with Crippen LogP contribution >= 0.6 is 11.6 Å². The van der Waals surface area contributed by atoms with Gasteiger partial charge >= 0.3 is 0 Å². The molecule has 0 spiro atoms. The van der Waals surface area contributed by atoms with Crippen LogP contribution in [0.15, 0.2) is 30.3 Å². The van der Waals surface area contributed by atoms with Crippen LogP contribution < -0.4 is 14.5 Å². The molecular weight excluding hydrogens is 540 g/mol. The molecule has 1 amide bonds. The van der Waals surface area contributed by atoms with Crippen LogP contribution in [0.3, 0.4) is 0 Å². The number of fused-ring (bicyclic) bond motifs is 1. The third-order valence-electron chi connectivity index (χ3n) is 7.55. The van der Waals surface area contributed by atoms with Crippen molar-refractivity contribution in [3.63, 3.8) is 0 Å². The average Bonchev–Trinajstić information content (AvgIpc) is 3.32. The predicted octanol–water partition coefficient (Wildman–Crippen LogP) is 3.80. The van der Waals surface area contributed by atoms with Gasteiger partial charge in [0.2, 0.25) is 0 Å². The molecule has 3 saturated heterocycles. The monoisotopic (exact) mass is 572 g/mol. The fraction of sp³-hybridized carbons (Fsp3) is 0.500. The molecule has 3 fully saturated rings. The molecular formula is C26H33ClN8O3S. The zero-order valence-corrected chi connectivity index (χ0v) is 23.5. The van der Waals surface area contributed by atoms with Crippen molar-refractivity contribution < 1.29 is 13.7 Å². The van der Waals surface area contributed by atoms with E-state index in [0.717, 1.165) is 74.8 Å². The van der Waals surface area contributed by atoms with Gasteiger partial charge in [-0.15, -0.1) is 0 Å². The summed E-state index contributed by atoms with van der Waals surface area (Å²) in [5.74, 6) is 1.71. The van der Waals surface area contributed by atoms with E-state index >= 15 is 0 Å². The third-order valence-corrected chi connectivity index (χ3v) is 8.40. The summed E-state index contributed by atoms with van der Waals surface area (Å²) in [5, 5.41) is 5.42. The molecule has 39 heavy (non-hydrogen) atoms. The summed E-state index contributed by atoms with van der Waals surface area (Å²) < 4.78 is 30.2. The number of carbonyl (C=O) groups excluding carboxylic acids is 1. The molecule has 0 saturated carbocycles. The second kappa shape index (κ2) is 10.5. The van der Waals surface area contributed by atoms with E-state index in [0.29, 0.717) is 36.0 Å². The largest absolute Gasteiger partial charge is 0.378 e. The Morgan fingerprint density at radius 2 is 1.87 bits per heavy atom. The van der Waals surface area contributed by atoms with E-state index in [1.165, 1.54) is 6.26 Å². The van der Waals surface area contributed by atoms with Gasteiger partial charge in [-0.25, -0.2) is 14.0 Å². The number of morpholine rings is 1. The number of piperidine rings is 1. The van der Waals surface area contributed by atoms with E-state index in [9.17, 15) is 9.00 Å². The molecule has 5 heterocycles. The van der Waals surface area contributed by atoms with Crippen LogP contribution in [-0.4, -0.2) is 81.8 Å². The number of amides is 1. The minimum atomic E-state index is -3.09. The van der Waals surface area contributed by atoms with E-state index in [4.69, 9.17) is 31.2 Å². The van der Waals surface area contributed by atoms with Gasteiger partial charge in [-0.3, -0.25) is 9.52 Å². The van der Waals surface area contributed by atoms with Crippen LogP contribution in [0.2, 0.25) is 5.02 Å². The number of nitrogens with one attached hydrogen (secondary N) is 2. The Labute approximate surface area is 233 Å². The molecule has 13 heteroatoms. The number of likely N-dealkylation sites (tertiary alicyclic amines) is 1. The zero-order chi connectivity index (χ0) is 27.1. The number of hydrogen-bond acceptors (Lipinski definition) is 8. The van der Waals surface area contributed by atoms with Gasteiger partial charge in [0, 0.05) is 56.1 Å². The topological polar surface area (TPSA) is 119 Å². The number of ether oxygens (including phenoxy) is 1. The smallest absolute Gasteiger partial charge is 0.256 e. The highest BCUT2D eigenvalue weighted by molar-refractivity contribution is 7.93. The lowest BCUT2D eigenvalue weighted by molar-refractivity contribution is 0.0607. The van der Waals surface area contributed by atoms with Crippen molar-refractivity contribution in [2.45, 2.75) is 31.7 Å². The van der Waals surface area contributed by atoms with Crippen LogP contribution in [0.25, 0.3) is 5.65 Å². The minimum Gasteiger partial charge on any atom is -0.378 e. The third kappa shape index (κ3) is 5.37. The van der Waals surface area contributed by atoms with Crippen molar-refractivity contribution in [3.05, 3.63) is 46.6 Å². The highest BCUT2D eigenvalue weighted by Gasteiger charge is 2.33. The number of nitrogens with zero attached hydrogens (tertiary/aromatic N) is 6. The average molecular weight is 573 g/mol. The molecule has 3 aromatic rings.